The molecule has 0 aliphatic carbocycles. The predicted octanol–water partition coefficient (Wildman–Crippen LogP) is 0.607. The van der Waals surface area contributed by atoms with Crippen molar-refractivity contribution in [3.63, 3.8) is 0 Å². The highest BCUT2D eigenvalue weighted by Crippen LogP contribution is 2.12. The van der Waals surface area contributed by atoms with Crippen molar-refractivity contribution in [2.75, 3.05) is 13.1 Å². The van der Waals surface area contributed by atoms with E-state index in [0.717, 1.165) is 25.3 Å². The number of aromatic nitrogens is 2. The Kier molecular flexibility index (Phi) is 2.72. The van der Waals surface area contributed by atoms with Crippen LogP contribution in [0.3, 0.4) is 0 Å². The van der Waals surface area contributed by atoms with Crippen LogP contribution in [0.15, 0.2) is 18.7 Å². The molecular formula is C9H13N3O. The van der Waals surface area contributed by atoms with E-state index in [-0.39, 0.29) is 6.10 Å². The molecule has 1 aliphatic heterocycles. The van der Waals surface area contributed by atoms with Crippen molar-refractivity contribution in [3.05, 3.63) is 18.7 Å². The molecule has 2 heterocycles. The Morgan fingerprint density at radius 1 is 1.38 bits per heavy atom. The maximum atomic E-state index is 5.67. The van der Waals surface area contributed by atoms with Gasteiger partial charge in [0.25, 0.3) is 0 Å². The van der Waals surface area contributed by atoms with E-state index in [2.05, 4.69) is 15.3 Å². The molecule has 1 N–H and O–H groups in total. The molecule has 1 fully saturated rings. The second kappa shape index (κ2) is 4.18. The maximum Gasteiger partial charge on any atom is 0.156 e. The van der Waals surface area contributed by atoms with Crippen molar-refractivity contribution in [3.8, 4) is 5.75 Å². The van der Waals surface area contributed by atoms with E-state index in [4.69, 9.17) is 4.74 Å². The van der Waals surface area contributed by atoms with Gasteiger partial charge in [0.15, 0.2) is 5.75 Å². The zero-order chi connectivity index (χ0) is 8.93. The monoisotopic (exact) mass is 179 g/mol. The molecule has 70 valence electrons. The first-order valence-electron chi connectivity index (χ1n) is 4.57. The van der Waals surface area contributed by atoms with Crippen molar-refractivity contribution < 1.29 is 4.74 Å². The van der Waals surface area contributed by atoms with Crippen LogP contribution in [-0.4, -0.2) is 29.2 Å². The van der Waals surface area contributed by atoms with E-state index in [9.17, 15) is 0 Å². The van der Waals surface area contributed by atoms with Gasteiger partial charge in [-0.2, -0.15) is 0 Å². The molecule has 1 saturated heterocycles. The molecule has 0 amide bonds. The molecule has 1 atom stereocenters. The number of nitrogens with zero attached hydrogens (tertiary/aromatic N) is 2. The second-order valence-corrected chi connectivity index (χ2v) is 3.16. The first kappa shape index (κ1) is 8.44. The fourth-order valence-corrected chi connectivity index (χ4v) is 1.46. The molecule has 0 aromatic carbocycles. The van der Waals surface area contributed by atoms with Gasteiger partial charge in [0.05, 0.1) is 12.4 Å². The van der Waals surface area contributed by atoms with Gasteiger partial charge in [-0.25, -0.2) is 9.97 Å². The lowest BCUT2D eigenvalue weighted by Crippen LogP contribution is -2.37. The Morgan fingerprint density at radius 3 is 2.92 bits per heavy atom. The summed E-state index contributed by atoms with van der Waals surface area (Å²) in [7, 11) is 0. The highest BCUT2D eigenvalue weighted by Gasteiger charge is 2.13. The van der Waals surface area contributed by atoms with Gasteiger partial charge in [-0.3, -0.25) is 0 Å². The average molecular weight is 179 g/mol. The molecule has 0 unspecified atom stereocenters. The van der Waals surface area contributed by atoms with Crippen LogP contribution < -0.4 is 10.1 Å². The quantitative estimate of drug-likeness (QED) is 0.722. The number of ether oxygens (including phenoxy) is 1. The molecule has 4 nitrogen and oxygen atoms in total. The van der Waals surface area contributed by atoms with Crippen LogP contribution in [0.4, 0.5) is 0 Å². The van der Waals surface area contributed by atoms with Gasteiger partial charge < -0.3 is 10.1 Å². The molecular weight excluding hydrogens is 166 g/mol. The highest BCUT2D eigenvalue weighted by atomic mass is 16.5. The van der Waals surface area contributed by atoms with E-state index < -0.39 is 0 Å². The summed E-state index contributed by atoms with van der Waals surface area (Å²) in [6.45, 7) is 2.03. The summed E-state index contributed by atoms with van der Waals surface area (Å²) in [6.07, 6.45) is 7.47. The van der Waals surface area contributed by atoms with Crippen molar-refractivity contribution in [2.45, 2.75) is 18.9 Å². The van der Waals surface area contributed by atoms with Gasteiger partial charge in [-0.1, -0.05) is 0 Å². The van der Waals surface area contributed by atoms with Crippen molar-refractivity contribution in [1.29, 1.82) is 0 Å². The van der Waals surface area contributed by atoms with Gasteiger partial charge in [0.1, 0.15) is 12.4 Å². The van der Waals surface area contributed by atoms with Crippen molar-refractivity contribution >= 4 is 0 Å². The first-order valence-corrected chi connectivity index (χ1v) is 4.57. The molecule has 2 rings (SSSR count). The predicted molar refractivity (Wildman–Crippen MR) is 48.6 cm³/mol. The molecule has 0 spiro atoms. The number of rotatable bonds is 2. The lowest BCUT2D eigenvalue weighted by atomic mass is 10.1. The summed E-state index contributed by atoms with van der Waals surface area (Å²) >= 11 is 0. The Balaban J connectivity index is 1.90. The number of hydrogen-bond acceptors (Lipinski definition) is 4. The summed E-state index contributed by atoms with van der Waals surface area (Å²) in [5.74, 6) is 0.760. The van der Waals surface area contributed by atoms with E-state index in [1.54, 1.807) is 12.4 Å². The van der Waals surface area contributed by atoms with E-state index in [0.29, 0.717) is 0 Å². The fraction of sp³-hybridized carbons (Fsp3) is 0.556. The molecule has 0 radical (unpaired) electrons. The summed E-state index contributed by atoms with van der Waals surface area (Å²) in [6, 6.07) is 0. The average Bonchev–Trinajstić information content (AvgIpc) is 2.21. The van der Waals surface area contributed by atoms with Crippen LogP contribution in [0, 0.1) is 0 Å². The van der Waals surface area contributed by atoms with Crippen LogP contribution >= 0.6 is 0 Å². The highest BCUT2D eigenvalue weighted by molar-refractivity contribution is 5.10. The summed E-state index contributed by atoms with van der Waals surface area (Å²) in [4.78, 5) is 7.79. The summed E-state index contributed by atoms with van der Waals surface area (Å²) in [5.41, 5.74) is 0. The third kappa shape index (κ3) is 2.39. The molecule has 1 aromatic rings. The first-order chi connectivity index (χ1) is 6.45. The third-order valence-corrected chi connectivity index (χ3v) is 2.09. The van der Waals surface area contributed by atoms with Crippen LogP contribution in [0.1, 0.15) is 12.8 Å². The molecule has 13 heavy (non-hydrogen) atoms. The summed E-state index contributed by atoms with van der Waals surface area (Å²) < 4.78 is 5.67. The Labute approximate surface area is 77.4 Å². The Bertz CT molecular complexity index is 246. The number of piperidine rings is 1. The molecule has 1 aromatic heterocycles. The van der Waals surface area contributed by atoms with E-state index in [1.807, 2.05) is 0 Å². The van der Waals surface area contributed by atoms with Gasteiger partial charge in [-0.15, -0.1) is 0 Å². The smallest absolute Gasteiger partial charge is 0.156 e. The third-order valence-electron chi connectivity index (χ3n) is 2.09. The van der Waals surface area contributed by atoms with Gasteiger partial charge in [0, 0.05) is 6.54 Å². The van der Waals surface area contributed by atoms with E-state index in [1.165, 1.54) is 12.7 Å². The molecule has 0 saturated carbocycles. The van der Waals surface area contributed by atoms with Gasteiger partial charge >= 0.3 is 0 Å². The lowest BCUT2D eigenvalue weighted by Gasteiger charge is -2.23. The molecule has 0 bridgehead atoms. The second-order valence-electron chi connectivity index (χ2n) is 3.16. The zero-order valence-electron chi connectivity index (χ0n) is 7.44. The van der Waals surface area contributed by atoms with Crippen molar-refractivity contribution in [2.24, 2.45) is 0 Å². The zero-order valence-corrected chi connectivity index (χ0v) is 7.44. The van der Waals surface area contributed by atoms with Gasteiger partial charge in [0.2, 0.25) is 0 Å². The van der Waals surface area contributed by atoms with Crippen molar-refractivity contribution in [1.82, 2.24) is 15.3 Å². The SMILES string of the molecule is c1ncc(O[C@@H]2CCCNC2)cn1. The molecule has 4 heteroatoms. The lowest BCUT2D eigenvalue weighted by molar-refractivity contribution is 0.166. The normalized spacial score (nSPS) is 22.6. The number of hydrogen-bond donors (Lipinski definition) is 1. The fourth-order valence-electron chi connectivity index (χ4n) is 1.46. The summed E-state index contributed by atoms with van der Waals surface area (Å²) in [5, 5.41) is 3.29. The van der Waals surface area contributed by atoms with Crippen LogP contribution in [0.5, 0.6) is 5.75 Å². The van der Waals surface area contributed by atoms with Crippen LogP contribution in [0.25, 0.3) is 0 Å². The Morgan fingerprint density at radius 2 is 2.23 bits per heavy atom. The minimum atomic E-state index is 0.278. The Hall–Kier alpha value is -1.16. The number of nitrogens with one attached hydrogen (secondary N) is 1. The van der Waals surface area contributed by atoms with Gasteiger partial charge in [-0.05, 0) is 19.4 Å². The topological polar surface area (TPSA) is 47.0 Å². The largest absolute Gasteiger partial charge is 0.486 e. The molecule has 1 aliphatic rings. The van der Waals surface area contributed by atoms with E-state index >= 15 is 0 Å². The minimum Gasteiger partial charge on any atom is -0.486 e. The van der Waals surface area contributed by atoms with Crippen LogP contribution in [0.2, 0.25) is 0 Å². The maximum absolute atomic E-state index is 5.67. The minimum absolute atomic E-state index is 0.278. The standard InChI is InChI=1S/C9H13N3O/c1-2-8(4-10-3-1)13-9-5-11-7-12-6-9/h5-8,10H,1-4H2/t8-/m1/s1. The van der Waals surface area contributed by atoms with Crippen LogP contribution in [-0.2, 0) is 0 Å².